The van der Waals surface area contributed by atoms with Crippen molar-refractivity contribution in [2.45, 2.75) is 33.1 Å². The number of phenolic OH excluding ortho intramolecular Hbond substituents is 1. The van der Waals surface area contributed by atoms with E-state index in [1.165, 1.54) is 22.3 Å². The molecule has 0 spiro atoms. The molecule has 2 aromatic heterocycles. The predicted molar refractivity (Wildman–Crippen MR) is 194 cm³/mol. The number of hydrogen-bond acceptors (Lipinski definition) is 4. The van der Waals surface area contributed by atoms with Crippen LogP contribution in [-0.2, 0) is 5.41 Å². The second-order valence-corrected chi connectivity index (χ2v) is 13.0. The Morgan fingerprint density at radius 3 is 2.09 bits per heavy atom. The third-order valence-electron chi connectivity index (χ3n) is 9.70. The molecular weight excluding hydrogens is 574 g/mol. The molecule has 0 bridgehead atoms. The fourth-order valence-electron chi connectivity index (χ4n) is 7.05. The van der Waals surface area contributed by atoms with Gasteiger partial charge in [0.05, 0.1) is 17.1 Å². The number of para-hydroxylation sites is 1. The molecule has 1 N–H and O–H groups in total. The minimum Gasteiger partial charge on any atom is -0.506 e. The number of hydrogen-bond donors (Lipinski definition) is 1. The number of benzene rings is 5. The molecule has 5 aromatic carbocycles. The molecule has 0 saturated heterocycles. The second-order valence-electron chi connectivity index (χ2n) is 13.0. The Bertz CT molecular complexity index is 2310. The fraction of sp³-hybridized carbons (Fsp3) is 0.116. The summed E-state index contributed by atoms with van der Waals surface area (Å²) in [6, 6.07) is 44.5. The van der Waals surface area contributed by atoms with Gasteiger partial charge >= 0.3 is 0 Å². The first kappa shape index (κ1) is 28.7. The maximum absolute atomic E-state index is 10.7. The van der Waals surface area contributed by atoms with Crippen molar-refractivity contribution >= 4 is 28.1 Å². The van der Waals surface area contributed by atoms with E-state index in [0.29, 0.717) is 5.52 Å². The van der Waals surface area contributed by atoms with E-state index in [0.717, 1.165) is 56.1 Å². The monoisotopic (exact) mass is 609 g/mol. The van der Waals surface area contributed by atoms with Crippen LogP contribution in [-0.4, -0.2) is 15.1 Å². The van der Waals surface area contributed by atoms with Crippen LogP contribution in [0.4, 0.5) is 17.2 Å². The van der Waals surface area contributed by atoms with Crippen LogP contribution in [0.2, 0.25) is 0 Å². The number of phenols is 1. The quantitative estimate of drug-likeness (QED) is 0.216. The zero-order valence-electron chi connectivity index (χ0n) is 27.0. The SMILES string of the molecule is Cc1cnc(N2c3ccccc3C(C)(C)c3ccc(-c4ccc5c(C)ccc(O)c5n4)cc32)cc1-c1ccc(-c2ccccc2)cc1. The van der Waals surface area contributed by atoms with Gasteiger partial charge < -0.3 is 5.11 Å². The van der Waals surface area contributed by atoms with E-state index in [1.54, 1.807) is 6.07 Å². The first-order valence-corrected chi connectivity index (χ1v) is 16.1. The largest absolute Gasteiger partial charge is 0.506 e. The van der Waals surface area contributed by atoms with Crippen molar-refractivity contribution in [1.82, 2.24) is 9.97 Å². The van der Waals surface area contributed by atoms with Gasteiger partial charge in [0.15, 0.2) is 0 Å². The first-order valence-electron chi connectivity index (χ1n) is 16.1. The number of rotatable bonds is 4. The van der Waals surface area contributed by atoms with Gasteiger partial charge in [-0.05, 0) is 88.7 Å². The Labute approximate surface area is 275 Å². The van der Waals surface area contributed by atoms with Crippen LogP contribution in [0.5, 0.6) is 5.75 Å². The molecule has 0 saturated carbocycles. The van der Waals surface area contributed by atoms with Crippen LogP contribution < -0.4 is 4.90 Å². The molecule has 0 amide bonds. The highest BCUT2D eigenvalue weighted by molar-refractivity contribution is 5.91. The minimum atomic E-state index is -0.228. The minimum absolute atomic E-state index is 0.190. The van der Waals surface area contributed by atoms with E-state index >= 15 is 0 Å². The Hall–Kier alpha value is -5.74. The lowest BCUT2D eigenvalue weighted by atomic mass is 9.73. The number of fused-ring (bicyclic) bond motifs is 3. The molecule has 0 radical (unpaired) electrons. The Kier molecular flexibility index (Phi) is 6.69. The van der Waals surface area contributed by atoms with Gasteiger partial charge in [0.1, 0.15) is 17.1 Å². The van der Waals surface area contributed by atoms with Crippen molar-refractivity contribution in [2.75, 3.05) is 4.90 Å². The highest BCUT2D eigenvalue weighted by atomic mass is 16.3. The summed E-state index contributed by atoms with van der Waals surface area (Å²) in [5.74, 6) is 1.05. The molecule has 0 fully saturated rings. The third kappa shape index (κ3) is 4.76. The smallest absolute Gasteiger partial charge is 0.141 e. The van der Waals surface area contributed by atoms with Gasteiger partial charge in [-0.2, -0.15) is 0 Å². The summed E-state index contributed by atoms with van der Waals surface area (Å²) in [6.45, 7) is 8.75. The van der Waals surface area contributed by atoms with Crippen molar-refractivity contribution in [3.63, 3.8) is 0 Å². The Morgan fingerprint density at radius 2 is 1.28 bits per heavy atom. The van der Waals surface area contributed by atoms with Crippen LogP contribution in [0.15, 0.2) is 134 Å². The number of nitrogens with zero attached hydrogens (tertiary/aromatic N) is 3. The van der Waals surface area contributed by atoms with Crippen LogP contribution >= 0.6 is 0 Å². The maximum Gasteiger partial charge on any atom is 0.141 e. The molecule has 4 nitrogen and oxygen atoms in total. The van der Waals surface area contributed by atoms with Crippen molar-refractivity contribution in [2.24, 2.45) is 0 Å². The van der Waals surface area contributed by atoms with Crippen LogP contribution in [0.3, 0.4) is 0 Å². The number of anilines is 3. The summed E-state index contributed by atoms with van der Waals surface area (Å²) in [7, 11) is 0. The molecular formula is C43H35N3O. The molecule has 1 aliphatic heterocycles. The second kappa shape index (κ2) is 11.0. The number of aryl methyl sites for hydroxylation is 2. The van der Waals surface area contributed by atoms with Gasteiger partial charge in [0, 0.05) is 22.6 Å². The normalized spacial score (nSPS) is 13.3. The van der Waals surface area contributed by atoms with Crippen molar-refractivity contribution in [1.29, 1.82) is 0 Å². The standard InChI is InChI=1S/C43H35N3O/c1-27-14-23-40(47)42-33(27)20-22-37(45-42)32-19-21-36-39(24-32)46(38-13-9-8-12-35(38)43(36,3)4)41-25-34(28(2)26-44-41)31-17-15-30(16-18-31)29-10-6-5-7-11-29/h5-26,47H,1-4H3. The van der Waals surface area contributed by atoms with Gasteiger partial charge in [-0.15, -0.1) is 0 Å². The first-order chi connectivity index (χ1) is 22.8. The topological polar surface area (TPSA) is 49.2 Å². The van der Waals surface area contributed by atoms with Gasteiger partial charge in [-0.3, -0.25) is 4.90 Å². The van der Waals surface area contributed by atoms with Crippen molar-refractivity contribution in [3.05, 3.63) is 156 Å². The average Bonchev–Trinajstić information content (AvgIpc) is 3.11. The summed E-state index contributed by atoms with van der Waals surface area (Å²) >= 11 is 0. The predicted octanol–water partition coefficient (Wildman–Crippen LogP) is 11.1. The number of aromatic nitrogens is 2. The Balaban J connectivity index is 1.28. The van der Waals surface area contributed by atoms with Crippen molar-refractivity contribution < 1.29 is 5.11 Å². The van der Waals surface area contributed by atoms with E-state index in [4.69, 9.17) is 9.97 Å². The summed E-state index contributed by atoms with van der Waals surface area (Å²) in [4.78, 5) is 12.3. The van der Waals surface area contributed by atoms with E-state index in [1.807, 2.05) is 31.3 Å². The van der Waals surface area contributed by atoms with Crippen LogP contribution in [0.1, 0.15) is 36.1 Å². The summed E-state index contributed by atoms with van der Waals surface area (Å²) in [5.41, 5.74) is 13.8. The number of pyridine rings is 2. The molecule has 0 atom stereocenters. The average molecular weight is 610 g/mol. The van der Waals surface area contributed by atoms with E-state index in [-0.39, 0.29) is 11.2 Å². The molecule has 228 valence electrons. The molecule has 3 heterocycles. The van der Waals surface area contributed by atoms with Crippen LogP contribution in [0, 0.1) is 13.8 Å². The summed E-state index contributed by atoms with van der Waals surface area (Å²) in [6.07, 6.45) is 1.98. The molecule has 8 rings (SSSR count). The van der Waals surface area contributed by atoms with Gasteiger partial charge in [0.25, 0.3) is 0 Å². The van der Waals surface area contributed by atoms with Crippen LogP contribution in [0.25, 0.3) is 44.4 Å². The molecule has 0 unspecified atom stereocenters. The zero-order chi connectivity index (χ0) is 32.3. The molecule has 47 heavy (non-hydrogen) atoms. The maximum atomic E-state index is 10.7. The number of aromatic hydroxyl groups is 1. The highest BCUT2D eigenvalue weighted by Gasteiger charge is 2.37. The molecule has 0 aliphatic carbocycles. The Morgan fingerprint density at radius 1 is 0.596 bits per heavy atom. The molecule has 7 aromatic rings. The summed E-state index contributed by atoms with van der Waals surface area (Å²) < 4.78 is 0. The van der Waals surface area contributed by atoms with E-state index in [2.05, 4.69) is 129 Å². The third-order valence-corrected chi connectivity index (χ3v) is 9.70. The lowest BCUT2D eigenvalue weighted by Gasteiger charge is -2.41. The van der Waals surface area contributed by atoms with E-state index in [9.17, 15) is 5.11 Å². The lowest BCUT2D eigenvalue weighted by molar-refractivity contribution is 0.480. The van der Waals surface area contributed by atoms with E-state index < -0.39 is 0 Å². The van der Waals surface area contributed by atoms with Gasteiger partial charge in [0.2, 0.25) is 0 Å². The van der Waals surface area contributed by atoms with Gasteiger partial charge in [-0.25, -0.2) is 9.97 Å². The lowest BCUT2D eigenvalue weighted by Crippen LogP contribution is -2.31. The molecule has 1 aliphatic rings. The highest BCUT2D eigenvalue weighted by Crippen LogP contribution is 2.52. The summed E-state index contributed by atoms with van der Waals surface area (Å²) in [5, 5.41) is 11.6. The van der Waals surface area contributed by atoms with Gasteiger partial charge in [-0.1, -0.05) is 111 Å². The molecule has 4 heteroatoms. The zero-order valence-corrected chi connectivity index (χ0v) is 27.0. The van der Waals surface area contributed by atoms with Crippen molar-refractivity contribution in [3.8, 4) is 39.3 Å². The fourth-order valence-corrected chi connectivity index (χ4v) is 7.05.